The molecule has 3 aromatic rings. The highest BCUT2D eigenvalue weighted by molar-refractivity contribution is 5.98. The maximum absolute atomic E-state index is 2.27. The van der Waals surface area contributed by atoms with E-state index in [1.165, 1.54) is 32.7 Å². The number of aryl methyl sites for hydroxylation is 2. The molecule has 0 aromatic heterocycles. The number of benzene rings is 3. The van der Waals surface area contributed by atoms with E-state index in [1.54, 1.807) is 0 Å². The summed E-state index contributed by atoms with van der Waals surface area (Å²) < 4.78 is 0. The van der Waals surface area contributed by atoms with E-state index in [0.29, 0.717) is 0 Å². The highest BCUT2D eigenvalue weighted by Gasteiger charge is 1.98. The predicted octanol–water partition coefficient (Wildman–Crippen LogP) is 9.60. The second-order valence-corrected chi connectivity index (χ2v) is 4.55. The van der Waals surface area contributed by atoms with Gasteiger partial charge < -0.3 is 0 Å². The zero-order valence-electron chi connectivity index (χ0n) is 15.6. The van der Waals surface area contributed by atoms with Crippen LogP contribution in [0.2, 0.25) is 0 Å². The Bertz CT molecular complexity index is 616. The molecular formula is C25H44. The second-order valence-electron chi connectivity index (χ2n) is 4.55. The molecule has 0 amide bonds. The lowest BCUT2D eigenvalue weighted by Crippen LogP contribution is -1.79. The minimum absolute atomic E-state index is 0. The van der Waals surface area contributed by atoms with Crippen molar-refractivity contribution < 1.29 is 0 Å². The van der Waals surface area contributed by atoms with Gasteiger partial charge >= 0.3 is 0 Å². The molecule has 0 saturated carbocycles. The van der Waals surface area contributed by atoms with Gasteiger partial charge in [0.1, 0.15) is 0 Å². The van der Waals surface area contributed by atoms with Crippen LogP contribution in [0.4, 0.5) is 0 Å². The predicted molar refractivity (Wildman–Crippen MR) is 125 cm³/mol. The van der Waals surface area contributed by atoms with Crippen LogP contribution in [0.5, 0.6) is 0 Å². The molecule has 144 valence electrons. The third kappa shape index (κ3) is 8.72. The Morgan fingerprint density at radius 2 is 0.680 bits per heavy atom. The molecule has 0 nitrogen and oxygen atoms in total. The molecule has 0 aliphatic rings. The summed E-state index contributed by atoms with van der Waals surface area (Å²) in [5.74, 6) is 0. The molecule has 0 unspecified atom stereocenters. The van der Waals surface area contributed by atoms with E-state index >= 15 is 0 Å². The van der Waals surface area contributed by atoms with Crippen LogP contribution in [0.15, 0.2) is 48.5 Å². The normalized spacial score (nSPS) is 7.84. The zero-order chi connectivity index (χ0) is 17.1. The molecule has 3 rings (SSSR count). The Labute approximate surface area is 159 Å². The van der Waals surface area contributed by atoms with E-state index in [0.717, 1.165) is 0 Å². The van der Waals surface area contributed by atoms with Crippen molar-refractivity contribution in [3.63, 3.8) is 0 Å². The van der Waals surface area contributed by atoms with Crippen molar-refractivity contribution in [2.75, 3.05) is 0 Å². The Hall–Kier alpha value is -1.82. The summed E-state index contributed by atoms with van der Waals surface area (Å²) in [6.45, 7) is 16.3. The number of hydrogen-bond donors (Lipinski definition) is 0. The summed E-state index contributed by atoms with van der Waals surface area (Å²) in [5.41, 5.74) is 2.64. The minimum Gasteiger partial charge on any atom is -0.0776 e. The fraction of sp³-hybridized carbons (Fsp3) is 0.440. The first-order valence-electron chi connectivity index (χ1n) is 8.63. The molecular weight excluding hydrogens is 300 g/mol. The molecule has 0 aliphatic carbocycles. The Morgan fingerprint density at radius 1 is 0.400 bits per heavy atom. The summed E-state index contributed by atoms with van der Waals surface area (Å²) >= 11 is 0. The molecule has 0 spiro atoms. The summed E-state index contributed by atoms with van der Waals surface area (Å²) in [7, 11) is 0. The molecule has 0 heterocycles. The quantitative estimate of drug-likeness (QED) is 0.356. The maximum Gasteiger partial charge on any atom is -0.0175 e. The molecule has 0 bridgehead atoms. The van der Waals surface area contributed by atoms with Crippen LogP contribution >= 0.6 is 0 Å². The van der Waals surface area contributed by atoms with Crippen LogP contribution in [-0.2, 0) is 0 Å². The van der Waals surface area contributed by atoms with Gasteiger partial charge in [0, 0.05) is 0 Å². The van der Waals surface area contributed by atoms with E-state index in [4.69, 9.17) is 0 Å². The van der Waals surface area contributed by atoms with Gasteiger partial charge in [-0.3, -0.25) is 0 Å². The van der Waals surface area contributed by atoms with Gasteiger partial charge in [-0.1, -0.05) is 111 Å². The lowest BCUT2D eigenvalue weighted by Gasteiger charge is -2.04. The first-order valence-corrected chi connectivity index (χ1v) is 8.63. The van der Waals surface area contributed by atoms with E-state index in [2.05, 4.69) is 62.4 Å². The molecule has 0 radical (unpaired) electrons. The smallest absolute Gasteiger partial charge is 0.0175 e. The third-order valence-corrected chi connectivity index (χ3v) is 3.11. The van der Waals surface area contributed by atoms with Gasteiger partial charge in [-0.2, -0.15) is 0 Å². The Kier molecular flexibility index (Phi) is 21.1. The van der Waals surface area contributed by atoms with E-state index < -0.39 is 0 Å². The molecule has 0 fully saturated rings. The second kappa shape index (κ2) is 17.0. The third-order valence-electron chi connectivity index (χ3n) is 3.11. The van der Waals surface area contributed by atoms with Crippen molar-refractivity contribution in [2.45, 2.75) is 77.7 Å². The van der Waals surface area contributed by atoms with Crippen LogP contribution < -0.4 is 0 Å². The molecule has 0 N–H and O–H groups in total. The average molecular weight is 345 g/mol. The SMILES string of the molecule is C.C.C.CC.CC.CC.Cc1ccc2cc3cc(C)ccc3cc2c1. The van der Waals surface area contributed by atoms with Gasteiger partial charge in [-0.25, -0.2) is 0 Å². The van der Waals surface area contributed by atoms with Crippen LogP contribution in [0.1, 0.15) is 74.9 Å². The lowest BCUT2D eigenvalue weighted by molar-refractivity contribution is 1.50. The summed E-state index contributed by atoms with van der Waals surface area (Å²) in [6, 6.07) is 17.8. The Morgan fingerprint density at radius 3 is 0.960 bits per heavy atom. The number of fused-ring (bicyclic) bond motifs is 2. The molecule has 3 aromatic carbocycles. The van der Waals surface area contributed by atoms with Crippen LogP contribution in [0.25, 0.3) is 21.5 Å². The van der Waals surface area contributed by atoms with Crippen molar-refractivity contribution in [3.05, 3.63) is 59.7 Å². The lowest BCUT2D eigenvalue weighted by atomic mass is 10.0. The molecule has 0 atom stereocenters. The van der Waals surface area contributed by atoms with Crippen molar-refractivity contribution in [2.24, 2.45) is 0 Å². The van der Waals surface area contributed by atoms with Crippen LogP contribution in [0.3, 0.4) is 0 Å². The molecule has 0 heteroatoms. The van der Waals surface area contributed by atoms with E-state index in [9.17, 15) is 0 Å². The average Bonchev–Trinajstić information content (AvgIpc) is 2.58. The topological polar surface area (TPSA) is 0 Å². The highest BCUT2D eigenvalue weighted by Crippen LogP contribution is 2.24. The number of rotatable bonds is 0. The van der Waals surface area contributed by atoms with Crippen LogP contribution in [0, 0.1) is 13.8 Å². The van der Waals surface area contributed by atoms with Gasteiger partial charge in [-0.05, 0) is 47.5 Å². The largest absolute Gasteiger partial charge is 0.0776 e. The van der Waals surface area contributed by atoms with E-state index in [-0.39, 0.29) is 22.3 Å². The van der Waals surface area contributed by atoms with E-state index in [1.807, 2.05) is 41.5 Å². The summed E-state index contributed by atoms with van der Waals surface area (Å²) in [6.07, 6.45) is 0. The van der Waals surface area contributed by atoms with Crippen molar-refractivity contribution in [3.8, 4) is 0 Å². The summed E-state index contributed by atoms with van der Waals surface area (Å²) in [5, 5.41) is 5.31. The maximum atomic E-state index is 2.27. The zero-order valence-corrected chi connectivity index (χ0v) is 15.6. The monoisotopic (exact) mass is 344 g/mol. The van der Waals surface area contributed by atoms with Crippen molar-refractivity contribution in [1.82, 2.24) is 0 Å². The highest BCUT2D eigenvalue weighted by atomic mass is 14.0. The minimum atomic E-state index is 0. The fourth-order valence-corrected chi connectivity index (χ4v) is 2.24. The van der Waals surface area contributed by atoms with Gasteiger partial charge in [0.25, 0.3) is 0 Å². The van der Waals surface area contributed by atoms with Gasteiger partial charge in [0.05, 0.1) is 0 Å². The van der Waals surface area contributed by atoms with Gasteiger partial charge in [0.2, 0.25) is 0 Å². The number of hydrogen-bond acceptors (Lipinski definition) is 0. The molecule has 0 saturated heterocycles. The summed E-state index contributed by atoms with van der Waals surface area (Å²) in [4.78, 5) is 0. The first kappa shape index (κ1) is 31.0. The molecule has 25 heavy (non-hydrogen) atoms. The fourth-order valence-electron chi connectivity index (χ4n) is 2.24. The van der Waals surface area contributed by atoms with Crippen LogP contribution in [-0.4, -0.2) is 0 Å². The van der Waals surface area contributed by atoms with Gasteiger partial charge in [0.15, 0.2) is 0 Å². The van der Waals surface area contributed by atoms with Crippen molar-refractivity contribution >= 4 is 21.5 Å². The Balaban J connectivity index is -0.000000224. The standard InChI is InChI=1S/C16H14.3C2H6.3CH4/c1-11-3-5-13-10-16-8-12(2)4-6-14(16)9-15(13)7-11;3*1-2;;;/h3-10H,1-2H3;3*1-2H3;3*1H4. The van der Waals surface area contributed by atoms with Gasteiger partial charge in [-0.15, -0.1) is 0 Å². The first-order chi connectivity index (χ1) is 10.7. The molecule has 0 aliphatic heterocycles. The van der Waals surface area contributed by atoms with Crippen molar-refractivity contribution in [1.29, 1.82) is 0 Å².